The Morgan fingerprint density at radius 1 is 1.39 bits per heavy atom. The van der Waals surface area contributed by atoms with E-state index in [9.17, 15) is 0 Å². The lowest BCUT2D eigenvalue weighted by Crippen LogP contribution is -2.22. The van der Waals surface area contributed by atoms with Crippen molar-refractivity contribution in [3.05, 3.63) is 11.7 Å². The highest BCUT2D eigenvalue weighted by Gasteiger charge is 2.27. The van der Waals surface area contributed by atoms with E-state index in [4.69, 9.17) is 10.3 Å². The van der Waals surface area contributed by atoms with E-state index in [0.717, 1.165) is 11.7 Å². The predicted molar refractivity (Wildman–Crippen MR) is 71.4 cm³/mol. The first-order chi connectivity index (χ1) is 8.61. The van der Waals surface area contributed by atoms with Crippen LogP contribution in [0.1, 0.15) is 76.4 Å². The minimum absolute atomic E-state index is 0.0491. The maximum atomic E-state index is 5.87. The summed E-state index contributed by atoms with van der Waals surface area (Å²) >= 11 is 0. The van der Waals surface area contributed by atoms with E-state index in [2.05, 4.69) is 17.1 Å². The predicted octanol–water partition coefficient (Wildman–Crippen LogP) is 3.20. The van der Waals surface area contributed by atoms with Crippen molar-refractivity contribution in [1.29, 1.82) is 0 Å². The molecule has 0 radical (unpaired) electrons. The van der Waals surface area contributed by atoms with Crippen LogP contribution < -0.4 is 5.73 Å². The second-order valence-corrected chi connectivity index (χ2v) is 5.78. The molecule has 0 aromatic carbocycles. The minimum atomic E-state index is 0.0491. The van der Waals surface area contributed by atoms with Gasteiger partial charge >= 0.3 is 0 Å². The molecule has 0 spiro atoms. The van der Waals surface area contributed by atoms with Gasteiger partial charge in [0, 0.05) is 12.0 Å². The molecule has 0 bridgehead atoms. The van der Waals surface area contributed by atoms with Gasteiger partial charge in [-0.15, -0.1) is 0 Å². The fraction of sp³-hybridized carbons (Fsp3) is 0.857. The normalized spacial score (nSPS) is 28.0. The molecule has 1 aromatic rings. The fourth-order valence-electron chi connectivity index (χ4n) is 2.72. The van der Waals surface area contributed by atoms with Gasteiger partial charge in [0.15, 0.2) is 5.82 Å². The first kappa shape index (κ1) is 13.5. The van der Waals surface area contributed by atoms with Crippen LogP contribution in [0.2, 0.25) is 0 Å². The van der Waals surface area contributed by atoms with Crippen LogP contribution in [0, 0.1) is 5.92 Å². The smallest absolute Gasteiger partial charge is 0.231 e. The number of hydrogen-bond acceptors (Lipinski definition) is 4. The summed E-state index contributed by atoms with van der Waals surface area (Å²) in [6.07, 6.45) is 6.31. The maximum Gasteiger partial charge on any atom is 0.231 e. The molecular formula is C14H25N3O. The zero-order chi connectivity index (χ0) is 13.1. The average Bonchev–Trinajstić information content (AvgIpc) is 2.87. The summed E-state index contributed by atoms with van der Waals surface area (Å²) in [5, 5.41) is 4.17. The van der Waals surface area contributed by atoms with E-state index in [1.807, 2.05) is 13.8 Å². The molecule has 18 heavy (non-hydrogen) atoms. The lowest BCUT2D eigenvalue weighted by molar-refractivity contribution is 0.295. The third-order valence-electron chi connectivity index (χ3n) is 4.36. The Morgan fingerprint density at radius 3 is 2.83 bits per heavy atom. The molecule has 1 heterocycles. The van der Waals surface area contributed by atoms with Crippen molar-refractivity contribution in [2.24, 2.45) is 11.7 Å². The Bertz CT molecular complexity index is 375. The quantitative estimate of drug-likeness (QED) is 0.892. The first-order valence-corrected chi connectivity index (χ1v) is 7.20. The zero-order valence-electron chi connectivity index (χ0n) is 11.7. The molecule has 4 atom stereocenters. The highest BCUT2D eigenvalue weighted by Crippen LogP contribution is 2.36. The summed E-state index contributed by atoms with van der Waals surface area (Å²) in [6.45, 7) is 6.28. The molecule has 4 unspecified atom stereocenters. The van der Waals surface area contributed by atoms with Gasteiger partial charge in [0.1, 0.15) is 0 Å². The van der Waals surface area contributed by atoms with Crippen molar-refractivity contribution in [2.45, 2.75) is 70.8 Å². The number of rotatable bonds is 4. The van der Waals surface area contributed by atoms with Crippen LogP contribution in [-0.2, 0) is 0 Å². The Kier molecular flexibility index (Phi) is 4.38. The van der Waals surface area contributed by atoms with E-state index in [0.29, 0.717) is 11.8 Å². The van der Waals surface area contributed by atoms with Gasteiger partial charge in [-0.2, -0.15) is 4.98 Å². The summed E-state index contributed by atoms with van der Waals surface area (Å²) in [4.78, 5) is 4.57. The molecule has 102 valence electrons. The van der Waals surface area contributed by atoms with Gasteiger partial charge in [-0.25, -0.2) is 0 Å². The third-order valence-corrected chi connectivity index (χ3v) is 4.36. The van der Waals surface area contributed by atoms with E-state index in [1.165, 1.54) is 32.1 Å². The van der Waals surface area contributed by atoms with Crippen molar-refractivity contribution >= 4 is 0 Å². The lowest BCUT2D eigenvalue weighted by Gasteiger charge is -2.26. The zero-order valence-corrected chi connectivity index (χ0v) is 11.7. The largest absolute Gasteiger partial charge is 0.339 e. The van der Waals surface area contributed by atoms with Gasteiger partial charge in [-0.05, 0) is 25.7 Å². The van der Waals surface area contributed by atoms with Gasteiger partial charge in [-0.3, -0.25) is 0 Å². The van der Waals surface area contributed by atoms with E-state index >= 15 is 0 Å². The Morgan fingerprint density at radius 2 is 2.17 bits per heavy atom. The van der Waals surface area contributed by atoms with Crippen LogP contribution in [0.3, 0.4) is 0 Å². The minimum Gasteiger partial charge on any atom is -0.339 e. The number of aromatic nitrogens is 2. The van der Waals surface area contributed by atoms with Crippen LogP contribution in [0.25, 0.3) is 0 Å². The van der Waals surface area contributed by atoms with Gasteiger partial charge in [0.05, 0.1) is 5.92 Å². The maximum absolute atomic E-state index is 5.87. The van der Waals surface area contributed by atoms with Gasteiger partial charge in [0.25, 0.3) is 0 Å². The van der Waals surface area contributed by atoms with Gasteiger partial charge in [-0.1, -0.05) is 38.3 Å². The molecule has 4 nitrogen and oxygen atoms in total. The number of nitrogens with zero attached hydrogens (tertiary/aromatic N) is 2. The molecule has 2 rings (SSSR count). The van der Waals surface area contributed by atoms with E-state index in [-0.39, 0.29) is 12.0 Å². The van der Waals surface area contributed by atoms with E-state index < -0.39 is 0 Å². The first-order valence-electron chi connectivity index (χ1n) is 7.20. The molecule has 1 aromatic heterocycles. The van der Waals surface area contributed by atoms with Crippen molar-refractivity contribution in [1.82, 2.24) is 10.1 Å². The molecule has 4 heteroatoms. The van der Waals surface area contributed by atoms with E-state index in [1.54, 1.807) is 0 Å². The van der Waals surface area contributed by atoms with Gasteiger partial charge < -0.3 is 10.3 Å². The highest BCUT2D eigenvalue weighted by molar-refractivity contribution is 5.01. The summed E-state index contributed by atoms with van der Waals surface area (Å²) in [5.74, 6) is 3.05. The Balaban J connectivity index is 2.05. The Hall–Kier alpha value is -0.900. The lowest BCUT2D eigenvalue weighted by atomic mass is 9.80. The van der Waals surface area contributed by atoms with Crippen molar-refractivity contribution in [3.8, 4) is 0 Å². The molecule has 1 aliphatic rings. The fourth-order valence-corrected chi connectivity index (χ4v) is 2.72. The molecular weight excluding hydrogens is 226 g/mol. The molecule has 2 N–H and O–H groups in total. The Labute approximate surface area is 109 Å². The van der Waals surface area contributed by atoms with Crippen LogP contribution >= 0.6 is 0 Å². The monoisotopic (exact) mass is 251 g/mol. The molecule has 0 aliphatic heterocycles. The topological polar surface area (TPSA) is 64.9 Å². The molecule has 1 saturated carbocycles. The summed E-state index contributed by atoms with van der Waals surface area (Å²) in [5.41, 5.74) is 5.87. The van der Waals surface area contributed by atoms with Crippen molar-refractivity contribution in [2.75, 3.05) is 0 Å². The van der Waals surface area contributed by atoms with Crippen LogP contribution in [0.5, 0.6) is 0 Å². The number of hydrogen-bond donors (Lipinski definition) is 1. The van der Waals surface area contributed by atoms with Gasteiger partial charge in [0.2, 0.25) is 5.89 Å². The van der Waals surface area contributed by atoms with Crippen molar-refractivity contribution < 1.29 is 4.52 Å². The summed E-state index contributed by atoms with van der Waals surface area (Å²) in [7, 11) is 0. The number of nitrogens with two attached hydrogens (primary N) is 1. The molecule has 1 fully saturated rings. The average molecular weight is 251 g/mol. The second kappa shape index (κ2) is 5.83. The van der Waals surface area contributed by atoms with Crippen molar-refractivity contribution in [3.63, 3.8) is 0 Å². The molecule has 1 aliphatic carbocycles. The second-order valence-electron chi connectivity index (χ2n) is 5.78. The molecule has 0 saturated heterocycles. The third kappa shape index (κ3) is 2.91. The standard InChI is InChI=1S/C14H25N3O/c1-4-11-6-5-7-12(8-11)13-16-14(18-17-13)9(2)10(3)15/h9-12H,4-8,15H2,1-3H3. The summed E-state index contributed by atoms with van der Waals surface area (Å²) in [6, 6.07) is 0.0491. The molecule has 0 amide bonds. The highest BCUT2D eigenvalue weighted by atomic mass is 16.5. The SMILES string of the molecule is CCC1CCCC(c2noc(C(C)C(C)N)n2)C1. The summed E-state index contributed by atoms with van der Waals surface area (Å²) < 4.78 is 5.37. The van der Waals surface area contributed by atoms with Crippen LogP contribution in [0.4, 0.5) is 0 Å². The van der Waals surface area contributed by atoms with Crippen LogP contribution in [0.15, 0.2) is 4.52 Å². The van der Waals surface area contributed by atoms with Crippen LogP contribution in [-0.4, -0.2) is 16.2 Å².